The number of methoxy groups -OCH3 is 1. The molecular formula is C30H30N2O5. The lowest BCUT2D eigenvalue weighted by atomic mass is 10.0. The molecule has 0 unspecified atom stereocenters. The summed E-state index contributed by atoms with van der Waals surface area (Å²) >= 11 is 0. The lowest BCUT2D eigenvalue weighted by Gasteiger charge is -2.21. The topological polar surface area (TPSA) is 78.8 Å². The molecule has 37 heavy (non-hydrogen) atoms. The minimum atomic E-state index is -0.206. The molecule has 0 saturated heterocycles. The molecule has 1 aromatic heterocycles. The zero-order valence-electron chi connectivity index (χ0n) is 21.1. The van der Waals surface area contributed by atoms with Gasteiger partial charge in [-0.15, -0.1) is 0 Å². The summed E-state index contributed by atoms with van der Waals surface area (Å²) in [6, 6.07) is 21.0. The SMILES string of the molecule is CCc1ccccc1CC(=O)Cn1c(=O)c(CNc2ccc(OC)cc2)cc2cc3c(cc21)OCCO3. The number of fused-ring (bicyclic) bond motifs is 2. The van der Waals surface area contributed by atoms with Gasteiger partial charge in [0.05, 0.1) is 19.2 Å². The number of ether oxygens (including phenoxy) is 3. The van der Waals surface area contributed by atoms with Crippen LogP contribution in [0.25, 0.3) is 10.9 Å². The molecule has 7 nitrogen and oxygen atoms in total. The minimum Gasteiger partial charge on any atom is -0.497 e. The highest BCUT2D eigenvalue weighted by atomic mass is 16.6. The van der Waals surface area contributed by atoms with Crippen molar-refractivity contribution in [2.45, 2.75) is 32.9 Å². The first-order valence-corrected chi connectivity index (χ1v) is 12.5. The van der Waals surface area contributed by atoms with E-state index in [1.807, 2.05) is 60.7 Å². The molecule has 0 fully saturated rings. The summed E-state index contributed by atoms with van der Waals surface area (Å²) in [7, 11) is 1.62. The average molecular weight is 499 g/mol. The van der Waals surface area contributed by atoms with E-state index in [0.717, 1.165) is 34.4 Å². The van der Waals surface area contributed by atoms with Gasteiger partial charge in [0.25, 0.3) is 5.56 Å². The van der Waals surface area contributed by atoms with Crippen LogP contribution in [0.3, 0.4) is 0 Å². The molecule has 0 spiro atoms. The highest BCUT2D eigenvalue weighted by molar-refractivity contribution is 5.87. The van der Waals surface area contributed by atoms with Gasteiger partial charge in [-0.05, 0) is 53.9 Å². The number of nitrogens with zero attached hydrogens (tertiary/aromatic N) is 1. The number of nitrogens with one attached hydrogen (secondary N) is 1. The van der Waals surface area contributed by atoms with Crippen molar-refractivity contribution in [2.75, 3.05) is 25.6 Å². The fourth-order valence-electron chi connectivity index (χ4n) is 4.68. The van der Waals surface area contributed by atoms with Crippen LogP contribution in [0.4, 0.5) is 5.69 Å². The van der Waals surface area contributed by atoms with E-state index >= 15 is 0 Å². The monoisotopic (exact) mass is 498 g/mol. The summed E-state index contributed by atoms with van der Waals surface area (Å²) in [6.07, 6.45) is 1.12. The van der Waals surface area contributed by atoms with Crippen LogP contribution < -0.4 is 25.1 Å². The molecule has 0 amide bonds. The molecule has 3 aromatic carbocycles. The maximum atomic E-state index is 13.7. The Hall–Kier alpha value is -4.26. The van der Waals surface area contributed by atoms with E-state index in [4.69, 9.17) is 14.2 Å². The Morgan fingerprint density at radius 2 is 1.65 bits per heavy atom. The molecule has 1 aliphatic heterocycles. The van der Waals surface area contributed by atoms with Gasteiger partial charge >= 0.3 is 0 Å². The van der Waals surface area contributed by atoms with Gasteiger partial charge in [0.1, 0.15) is 19.0 Å². The first-order valence-electron chi connectivity index (χ1n) is 12.5. The molecule has 1 N–H and O–H groups in total. The molecule has 0 radical (unpaired) electrons. The lowest BCUT2D eigenvalue weighted by molar-refractivity contribution is -0.119. The van der Waals surface area contributed by atoms with Crippen molar-refractivity contribution in [1.29, 1.82) is 0 Å². The number of benzene rings is 3. The van der Waals surface area contributed by atoms with Gasteiger partial charge in [0, 0.05) is 35.7 Å². The molecule has 0 atom stereocenters. The predicted octanol–water partition coefficient (Wildman–Crippen LogP) is 4.77. The first kappa shape index (κ1) is 24.4. The van der Waals surface area contributed by atoms with Crippen LogP contribution in [0.5, 0.6) is 17.2 Å². The van der Waals surface area contributed by atoms with Crippen LogP contribution in [0.15, 0.2) is 71.5 Å². The van der Waals surface area contributed by atoms with Crippen molar-refractivity contribution < 1.29 is 19.0 Å². The van der Waals surface area contributed by atoms with Crippen LogP contribution >= 0.6 is 0 Å². The number of hydrogen-bond donors (Lipinski definition) is 1. The van der Waals surface area contributed by atoms with Gasteiger partial charge in [-0.1, -0.05) is 31.2 Å². The van der Waals surface area contributed by atoms with Gasteiger partial charge in [-0.3, -0.25) is 9.59 Å². The van der Waals surface area contributed by atoms with E-state index in [2.05, 4.69) is 12.2 Å². The molecule has 7 heteroatoms. The van der Waals surface area contributed by atoms with Gasteiger partial charge in [0.2, 0.25) is 0 Å². The Kier molecular flexibility index (Phi) is 7.12. The predicted molar refractivity (Wildman–Crippen MR) is 144 cm³/mol. The van der Waals surface area contributed by atoms with Gasteiger partial charge in [-0.25, -0.2) is 0 Å². The molecular weight excluding hydrogens is 468 g/mol. The molecule has 190 valence electrons. The van der Waals surface area contributed by atoms with Gasteiger partial charge < -0.3 is 24.1 Å². The van der Waals surface area contributed by atoms with E-state index < -0.39 is 0 Å². The first-order chi connectivity index (χ1) is 18.1. The Morgan fingerprint density at radius 3 is 2.35 bits per heavy atom. The van der Waals surface area contributed by atoms with Crippen LogP contribution in [0, 0.1) is 0 Å². The number of anilines is 1. The lowest BCUT2D eigenvalue weighted by Crippen LogP contribution is -2.29. The number of carbonyl (C=O) groups is 1. The summed E-state index contributed by atoms with van der Waals surface area (Å²) in [4.78, 5) is 26.9. The molecule has 0 aliphatic carbocycles. The summed E-state index contributed by atoms with van der Waals surface area (Å²) in [5.74, 6) is 1.95. The molecule has 0 saturated carbocycles. The number of Topliss-reactive ketones (excluding diaryl/α,β-unsaturated/α-hetero) is 1. The zero-order chi connectivity index (χ0) is 25.8. The van der Waals surface area contributed by atoms with Crippen LogP contribution in [-0.2, 0) is 30.7 Å². The van der Waals surface area contributed by atoms with Crippen LogP contribution in [0.2, 0.25) is 0 Å². The Bertz CT molecular complexity index is 1490. The number of hydrogen-bond acceptors (Lipinski definition) is 6. The summed E-state index contributed by atoms with van der Waals surface area (Å²) in [6.45, 7) is 3.27. The highest BCUT2D eigenvalue weighted by Gasteiger charge is 2.19. The summed E-state index contributed by atoms with van der Waals surface area (Å²) < 4.78 is 18.3. The average Bonchev–Trinajstić information content (AvgIpc) is 2.93. The molecule has 4 aromatic rings. The fraction of sp³-hybridized carbons (Fsp3) is 0.267. The van der Waals surface area contributed by atoms with Crippen molar-refractivity contribution in [2.24, 2.45) is 0 Å². The van der Waals surface area contributed by atoms with E-state index in [-0.39, 0.29) is 24.3 Å². The van der Waals surface area contributed by atoms with E-state index in [1.54, 1.807) is 17.7 Å². The number of pyridine rings is 1. The van der Waals surface area contributed by atoms with Crippen LogP contribution in [0.1, 0.15) is 23.6 Å². The zero-order valence-corrected chi connectivity index (χ0v) is 21.1. The molecule has 2 heterocycles. The number of ketones is 1. The molecule has 0 bridgehead atoms. The smallest absolute Gasteiger partial charge is 0.256 e. The molecule has 1 aliphatic rings. The van der Waals surface area contributed by atoms with E-state index in [0.29, 0.717) is 42.3 Å². The van der Waals surface area contributed by atoms with Crippen molar-refractivity contribution in [1.82, 2.24) is 4.57 Å². The fourth-order valence-corrected chi connectivity index (χ4v) is 4.68. The second-order valence-electron chi connectivity index (χ2n) is 9.04. The Balaban J connectivity index is 1.49. The maximum absolute atomic E-state index is 13.7. The Morgan fingerprint density at radius 1 is 0.946 bits per heavy atom. The van der Waals surface area contributed by atoms with Crippen molar-refractivity contribution in [3.63, 3.8) is 0 Å². The van der Waals surface area contributed by atoms with Gasteiger partial charge in [0.15, 0.2) is 17.3 Å². The standard InChI is InChI=1S/C30H30N2O5/c1-3-20-6-4-5-7-21(20)15-25(33)19-32-27-17-29-28(36-12-13-37-29)16-22(27)14-23(30(32)34)18-31-24-8-10-26(35-2)11-9-24/h4-11,14,16-17,31H,3,12-13,15,18-19H2,1-2H3. The summed E-state index contributed by atoms with van der Waals surface area (Å²) in [5, 5.41) is 4.12. The van der Waals surface area contributed by atoms with E-state index in [9.17, 15) is 9.59 Å². The normalized spacial score (nSPS) is 12.4. The third-order valence-corrected chi connectivity index (χ3v) is 6.63. The number of carbonyl (C=O) groups excluding carboxylic acids is 1. The number of aromatic nitrogens is 1. The highest BCUT2D eigenvalue weighted by Crippen LogP contribution is 2.34. The molecule has 5 rings (SSSR count). The number of aryl methyl sites for hydroxylation is 1. The largest absolute Gasteiger partial charge is 0.497 e. The quantitative estimate of drug-likeness (QED) is 0.358. The van der Waals surface area contributed by atoms with E-state index in [1.165, 1.54) is 0 Å². The minimum absolute atomic E-state index is 0.0244. The van der Waals surface area contributed by atoms with Crippen molar-refractivity contribution >= 4 is 22.4 Å². The Labute approximate surface area is 215 Å². The second-order valence-corrected chi connectivity index (χ2v) is 9.04. The van der Waals surface area contributed by atoms with Crippen molar-refractivity contribution in [3.8, 4) is 17.2 Å². The summed E-state index contributed by atoms with van der Waals surface area (Å²) in [5.41, 5.74) is 4.01. The number of rotatable bonds is 9. The van der Waals surface area contributed by atoms with Crippen LogP contribution in [-0.4, -0.2) is 30.7 Å². The second kappa shape index (κ2) is 10.8. The third kappa shape index (κ3) is 5.31. The van der Waals surface area contributed by atoms with Gasteiger partial charge in [-0.2, -0.15) is 0 Å². The third-order valence-electron chi connectivity index (χ3n) is 6.63. The van der Waals surface area contributed by atoms with Crippen molar-refractivity contribution in [3.05, 3.63) is 93.8 Å². The maximum Gasteiger partial charge on any atom is 0.256 e.